The third kappa shape index (κ3) is 9.28. The van der Waals surface area contributed by atoms with Crippen molar-refractivity contribution in [1.29, 1.82) is 0 Å². The van der Waals surface area contributed by atoms with Gasteiger partial charge in [-0.3, -0.25) is 0 Å². The predicted molar refractivity (Wildman–Crippen MR) is 334 cm³/mol. The Hall–Kier alpha value is -4.70. The van der Waals surface area contributed by atoms with Crippen molar-refractivity contribution in [2.75, 3.05) is 0 Å². The van der Waals surface area contributed by atoms with Crippen LogP contribution in [0, 0.1) is 93.2 Å². The standard InChI is InChI=1S/C20H24O2.C19H26O2.C19H26O.C19H24O/c1-3-20(22)11-9-18-17-6-4-13-12-14(21)5-7-15(13)16(17)8-10-19(18,20)2;1-11-9-17-16-5-3-12-10-13(20)4-6-14(12)15(16)7-8-19(17,2)18(11)21;2*1-12-3-8-18-17-6-4-13-11-14(20)5-7-15(13)16(17)9-10-19(12,18)2/h1,5,7,12,16-18,21-22H,4,6,8-11H2,2H3;4,6,10-11,15-18,20-21H,3,5,7-9H2,1-2H3;5,7,11-12,16-18,20H,3-4,6,8-10H2,1-2H3;5,7,11,16-18,20H,1,3-4,6,8-10H2,2H3/t16-,17?,18+,19+,20+;11-,15-,16?,17+,18+,19+;12-,16+,17?,18-,19+;16-,17?,18+,19-/m1101/s1. The van der Waals surface area contributed by atoms with Crippen molar-refractivity contribution in [2.24, 2.45) is 80.8 Å². The van der Waals surface area contributed by atoms with Crippen molar-refractivity contribution in [3.8, 4) is 35.3 Å². The molecule has 12 aliphatic carbocycles. The molecule has 83 heavy (non-hydrogen) atoms. The van der Waals surface area contributed by atoms with Crippen LogP contribution in [-0.2, 0) is 25.7 Å². The minimum absolute atomic E-state index is 0.121. The average Bonchev–Trinajstić information content (AvgIpc) is 4.08. The van der Waals surface area contributed by atoms with Gasteiger partial charge in [0.2, 0.25) is 0 Å². The lowest BCUT2D eigenvalue weighted by Crippen LogP contribution is -2.50. The van der Waals surface area contributed by atoms with Crippen LogP contribution in [0.2, 0.25) is 0 Å². The third-order valence-corrected chi connectivity index (χ3v) is 27.9. The lowest BCUT2D eigenvalue weighted by molar-refractivity contribution is -0.0646. The smallest absolute Gasteiger partial charge is 0.130 e. The van der Waals surface area contributed by atoms with Crippen LogP contribution in [0.25, 0.3) is 0 Å². The van der Waals surface area contributed by atoms with E-state index in [0.29, 0.717) is 69.3 Å². The summed E-state index contributed by atoms with van der Waals surface area (Å²) in [5, 5.41) is 60.4. The minimum Gasteiger partial charge on any atom is -0.508 e. The second-order valence-corrected chi connectivity index (χ2v) is 31.0. The zero-order chi connectivity index (χ0) is 58.1. The van der Waals surface area contributed by atoms with Crippen LogP contribution in [0.15, 0.2) is 84.9 Å². The van der Waals surface area contributed by atoms with Gasteiger partial charge in [0.15, 0.2) is 0 Å². The second kappa shape index (κ2) is 21.3. The molecular weight excluding hydrogens is 1020 g/mol. The Bertz CT molecular complexity index is 3170. The maximum absolute atomic E-state index is 10.9. The minimum atomic E-state index is -0.919. The number of hydrogen-bond donors (Lipinski definition) is 6. The van der Waals surface area contributed by atoms with E-state index in [-0.39, 0.29) is 16.9 Å². The molecule has 0 aliphatic heterocycles. The fraction of sp³-hybridized carbons (Fsp3) is 0.636. The fourth-order valence-corrected chi connectivity index (χ4v) is 23.0. The molecule has 6 N–H and O–H groups in total. The van der Waals surface area contributed by atoms with Crippen LogP contribution in [0.3, 0.4) is 0 Å². The number of terminal acetylenes is 1. The van der Waals surface area contributed by atoms with E-state index in [1.807, 2.05) is 48.5 Å². The molecule has 444 valence electrons. The van der Waals surface area contributed by atoms with Crippen LogP contribution in [0.1, 0.15) is 232 Å². The van der Waals surface area contributed by atoms with Gasteiger partial charge in [-0.05, 0) is 340 Å². The summed E-state index contributed by atoms with van der Waals surface area (Å²) in [6, 6.07) is 24.0. The van der Waals surface area contributed by atoms with E-state index in [2.05, 4.69) is 78.3 Å². The number of rotatable bonds is 0. The highest BCUT2D eigenvalue weighted by molar-refractivity contribution is 5.44. The van der Waals surface area contributed by atoms with E-state index < -0.39 is 5.60 Å². The molecule has 0 heterocycles. The highest BCUT2D eigenvalue weighted by atomic mass is 16.3. The second-order valence-electron chi connectivity index (χ2n) is 31.0. The van der Waals surface area contributed by atoms with Gasteiger partial charge in [0, 0.05) is 5.41 Å². The summed E-state index contributed by atoms with van der Waals surface area (Å²) >= 11 is 0. The molecule has 0 saturated heterocycles. The molecule has 8 fully saturated rings. The zero-order valence-electron chi connectivity index (χ0n) is 51.3. The third-order valence-electron chi connectivity index (χ3n) is 27.9. The SMILES string of the molecule is C#C[C@]1(O)CC[C@H]2C3CCc4cc(O)ccc4[C@H]3CC[C@@]21C.C=C1CC[C@H]2C3CCc4cc(O)ccc4[C@H]3CC[C@]12C.C[C@@H]1C[C@H]2C3CCc4cc(O)ccc4[C@H]3CC[C@]2(C)[C@H]1O.C[C@H]1CC[C@H]2C3CCc4cc(O)ccc4[C@H]3CC[C@]12C. The number of fused-ring (bicyclic) bond motifs is 20. The first-order valence-corrected chi connectivity index (χ1v) is 33.5. The van der Waals surface area contributed by atoms with Crippen LogP contribution in [-0.4, -0.2) is 42.3 Å². The van der Waals surface area contributed by atoms with Crippen LogP contribution >= 0.6 is 0 Å². The largest absolute Gasteiger partial charge is 0.508 e. The van der Waals surface area contributed by atoms with Crippen LogP contribution < -0.4 is 0 Å². The topological polar surface area (TPSA) is 121 Å². The van der Waals surface area contributed by atoms with Gasteiger partial charge in [-0.15, -0.1) is 6.42 Å². The molecule has 0 bridgehead atoms. The van der Waals surface area contributed by atoms with E-state index in [1.54, 1.807) is 5.56 Å². The van der Waals surface area contributed by atoms with Crippen molar-refractivity contribution in [2.45, 2.75) is 225 Å². The van der Waals surface area contributed by atoms with Gasteiger partial charge in [0.1, 0.15) is 28.6 Å². The van der Waals surface area contributed by atoms with E-state index >= 15 is 0 Å². The van der Waals surface area contributed by atoms with E-state index in [0.717, 1.165) is 105 Å². The highest BCUT2D eigenvalue weighted by Gasteiger charge is 2.62. The van der Waals surface area contributed by atoms with Crippen LogP contribution in [0.4, 0.5) is 0 Å². The number of aliphatic hydroxyl groups excluding tert-OH is 1. The van der Waals surface area contributed by atoms with Crippen molar-refractivity contribution >= 4 is 0 Å². The molecule has 4 aromatic carbocycles. The maximum atomic E-state index is 10.9. The number of allylic oxidation sites excluding steroid dienone is 1. The van der Waals surface area contributed by atoms with Gasteiger partial charge < -0.3 is 30.6 Å². The number of phenols is 4. The molecule has 6 heteroatoms. The highest BCUT2D eigenvalue weighted by Crippen LogP contribution is 2.67. The monoisotopic (exact) mass is 1120 g/mol. The van der Waals surface area contributed by atoms with Crippen molar-refractivity contribution in [3.05, 3.63) is 129 Å². The predicted octanol–water partition coefficient (Wildman–Crippen LogP) is 17.2. The quantitative estimate of drug-likeness (QED) is 0.0771. The number of phenolic OH excluding ortho intramolecular Hbond substituents is 4. The fourth-order valence-electron chi connectivity index (χ4n) is 23.0. The molecule has 0 radical (unpaired) electrons. The number of hydrogen-bond acceptors (Lipinski definition) is 6. The Morgan fingerprint density at radius 1 is 0.458 bits per heavy atom. The van der Waals surface area contributed by atoms with Gasteiger partial charge in [-0.1, -0.05) is 83.9 Å². The summed E-state index contributed by atoms with van der Waals surface area (Å²) in [6.07, 6.45) is 33.3. The summed E-state index contributed by atoms with van der Waals surface area (Å²) in [4.78, 5) is 0. The number of aliphatic hydroxyl groups is 2. The molecule has 0 spiro atoms. The first kappa shape index (κ1) is 57.4. The van der Waals surface area contributed by atoms with E-state index in [4.69, 9.17) is 6.42 Å². The van der Waals surface area contributed by atoms with Gasteiger partial charge in [-0.2, -0.15) is 0 Å². The van der Waals surface area contributed by atoms with Gasteiger partial charge >= 0.3 is 0 Å². The van der Waals surface area contributed by atoms with Crippen LogP contribution in [0.5, 0.6) is 23.0 Å². The molecule has 4 aromatic rings. The molecule has 0 aromatic heterocycles. The number of benzene rings is 4. The van der Waals surface area contributed by atoms with Crippen molar-refractivity contribution < 1.29 is 30.6 Å². The Morgan fingerprint density at radius 2 is 0.880 bits per heavy atom. The zero-order valence-corrected chi connectivity index (χ0v) is 51.3. The summed E-state index contributed by atoms with van der Waals surface area (Å²) in [7, 11) is 0. The molecule has 12 aliphatic rings. The summed E-state index contributed by atoms with van der Waals surface area (Å²) in [5.41, 5.74) is 13.1. The first-order chi connectivity index (χ1) is 39.7. The van der Waals surface area contributed by atoms with Crippen molar-refractivity contribution in [3.63, 3.8) is 0 Å². The summed E-state index contributed by atoms with van der Waals surface area (Å²) in [6.45, 7) is 18.7. The van der Waals surface area contributed by atoms with Gasteiger partial charge in [0.05, 0.1) is 6.10 Å². The molecule has 8 saturated carbocycles. The van der Waals surface area contributed by atoms with Gasteiger partial charge in [0.25, 0.3) is 0 Å². The van der Waals surface area contributed by atoms with E-state index in [1.165, 1.54) is 134 Å². The first-order valence-electron chi connectivity index (χ1n) is 33.5. The Kier molecular flexibility index (Phi) is 14.7. The Balaban J connectivity index is 0.000000104. The number of aromatic hydroxyl groups is 4. The van der Waals surface area contributed by atoms with Crippen molar-refractivity contribution in [1.82, 2.24) is 0 Å². The molecule has 6 nitrogen and oxygen atoms in total. The summed E-state index contributed by atoms with van der Waals surface area (Å²) < 4.78 is 0. The lowest BCUT2D eigenvalue weighted by Gasteiger charge is -2.52. The van der Waals surface area contributed by atoms with E-state index in [9.17, 15) is 30.6 Å². The molecule has 16 rings (SSSR count). The normalized spacial score (nSPS) is 42.4. The molecular formula is C77H100O6. The van der Waals surface area contributed by atoms with Gasteiger partial charge in [-0.25, -0.2) is 0 Å². The Labute approximate surface area is 498 Å². The molecule has 20 atom stereocenters. The molecule has 0 amide bonds. The summed E-state index contributed by atoms with van der Waals surface area (Å²) in [5.74, 6) is 14.5. The average molecular weight is 1120 g/mol. The lowest BCUT2D eigenvalue weighted by atomic mass is 9.53. The Morgan fingerprint density at radius 3 is 1.36 bits per heavy atom. The molecule has 4 unspecified atom stereocenters. The number of aryl methyl sites for hydroxylation is 4. The maximum Gasteiger partial charge on any atom is 0.130 e.